The molecular weight excluding hydrogens is 216 g/mol. The smallest absolute Gasteiger partial charge is 0.242 e. The molecule has 1 aliphatic heterocycles. The number of amides is 2. The Kier molecular flexibility index (Phi) is 4.15. The highest BCUT2D eigenvalue weighted by molar-refractivity contribution is 6.19. The van der Waals surface area contributed by atoms with E-state index in [9.17, 15) is 9.59 Å². The number of alkyl halides is 1. The van der Waals surface area contributed by atoms with Crippen LogP contribution >= 0.6 is 11.6 Å². The number of hydrogen-bond acceptors (Lipinski definition) is 2. The Labute approximate surface area is 94.5 Å². The summed E-state index contributed by atoms with van der Waals surface area (Å²) in [5, 5.41) is 0. The molecule has 0 aromatic heterocycles. The lowest BCUT2D eigenvalue weighted by Crippen LogP contribution is -2.53. The summed E-state index contributed by atoms with van der Waals surface area (Å²) in [7, 11) is 0. The largest absolute Gasteiger partial charge is 0.332 e. The van der Waals surface area contributed by atoms with Crippen molar-refractivity contribution in [1.29, 1.82) is 0 Å². The second kappa shape index (κ2) is 5.16. The number of carbonyl (C=O) groups excluding carboxylic acids is 2. The van der Waals surface area contributed by atoms with E-state index in [1.807, 2.05) is 6.92 Å². The average Bonchev–Trinajstić information content (AvgIpc) is 2.22. The Morgan fingerprint density at radius 1 is 1.33 bits per heavy atom. The molecule has 0 spiro atoms. The third-order valence-electron chi connectivity index (χ3n) is 2.34. The van der Waals surface area contributed by atoms with E-state index in [1.54, 1.807) is 4.90 Å². The minimum Gasteiger partial charge on any atom is -0.332 e. The third kappa shape index (κ3) is 2.96. The number of hydrogen-bond donors (Lipinski definition) is 0. The number of carbonyl (C=O) groups is 2. The maximum absolute atomic E-state index is 11.6. The topological polar surface area (TPSA) is 40.6 Å². The number of nitrogens with zero attached hydrogens (tertiary/aromatic N) is 2. The number of likely N-dealkylation sites (N-methyl/N-ethyl adjacent to an activating group) is 1. The molecule has 15 heavy (non-hydrogen) atoms. The van der Waals surface area contributed by atoms with Crippen LogP contribution in [0.3, 0.4) is 0 Å². The van der Waals surface area contributed by atoms with Gasteiger partial charge in [-0.2, -0.15) is 0 Å². The first-order valence-corrected chi connectivity index (χ1v) is 5.40. The summed E-state index contributed by atoms with van der Waals surface area (Å²) in [5.74, 6) is 0.261. The molecule has 0 bridgehead atoms. The quantitative estimate of drug-likeness (QED) is 0.521. The van der Waals surface area contributed by atoms with Crippen molar-refractivity contribution < 1.29 is 9.59 Å². The summed E-state index contributed by atoms with van der Waals surface area (Å²) in [5.41, 5.74) is 0.753. The van der Waals surface area contributed by atoms with E-state index in [-0.39, 0.29) is 24.9 Å². The molecule has 1 rings (SSSR count). The maximum atomic E-state index is 11.6. The highest BCUT2D eigenvalue weighted by atomic mass is 35.5. The SMILES string of the molecule is C=C(CCl)CN1CC(=O)N(CC)CC1=O. The molecule has 0 radical (unpaired) electrons. The van der Waals surface area contributed by atoms with Crippen LogP contribution in [0, 0.1) is 0 Å². The Bertz CT molecular complexity index is 291. The molecule has 84 valence electrons. The fraction of sp³-hybridized carbons (Fsp3) is 0.600. The summed E-state index contributed by atoms with van der Waals surface area (Å²) in [6.45, 7) is 6.85. The Morgan fingerprint density at radius 2 is 1.87 bits per heavy atom. The van der Waals surface area contributed by atoms with E-state index in [2.05, 4.69) is 6.58 Å². The fourth-order valence-electron chi connectivity index (χ4n) is 1.45. The maximum Gasteiger partial charge on any atom is 0.242 e. The molecule has 0 unspecified atom stereocenters. The van der Waals surface area contributed by atoms with Crippen molar-refractivity contribution in [2.24, 2.45) is 0 Å². The molecule has 0 atom stereocenters. The number of halogens is 1. The van der Waals surface area contributed by atoms with Crippen LogP contribution in [0.2, 0.25) is 0 Å². The van der Waals surface area contributed by atoms with Gasteiger partial charge in [-0.3, -0.25) is 9.59 Å². The lowest BCUT2D eigenvalue weighted by Gasteiger charge is -2.33. The molecule has 1 heterocycles. The Morgan fingerprint density at radius 3 is 2.40 bits per heavy atom. The normalized spacial score (nSPS) is 17.2. The van der Waals surface area contributed by atoms with Gasteiger partial charge in [0.15, 0.2) is 0 Å². The molecule has 1 saturated heterocycles. The van der Waals surface area contributed by atoms with E-state index in [0.29, 0.717) is 19.0 Å². The van der Waals surface area contributed by atoms with E-state index in [4.69, 9.17) is 11.6 Å². The molecule has 0 N–H and O–H groups in total. The van der Waals surface area contributed by atoms with Crippen LogP contribution in [0.4, 0.5) is 0 Å². The number of rotatable bonds is 4. The van der Waals surface area contributed by atoms with Gasteiger partial charge in [0.1, 0.15) is 6.54 Å². The molecular formula is C10H15ClN2O2. The lowest BCUT2D eigenvalue weighted by atomic mass is 10.2. The number of piperazine rings is 1. The molecule has 0 aromatic rings. The van der Waals surface area contributed by atoms with Gasteiger partial charge >= 0.3 is 0 Å². The van der Waals surface area contributed by atoms with Gasteiger partial charge in [-0.25, -0.2) is 0 Å². The third-order valence-corrected chi connectivity index (χ3v) is 2.72. The minimum absolute atomic E-state index is 0.0144. The highest BCUT2D eigenvalue weighted by Gasteiger charge is 2.28. The fourth-order valence-corrected chi connectivity index (χ4v) is 1.53. The van der Waals surface area contributed by atoms with Crippen LogP contribution < -0.4 is 0 Å². The summed E-state index contributed by atoms with van der Waals surface area (Å²) in [6.07, 6.45) is 0. The Balaban J connectivity index is 2.59. The Hall–Kier alpha value is -1.03. The standard InChI is InChI=1S/C10H15ClN2O2/c1-3-12-6-10(15)13(7-9(12)14)5-8(2)4-11/h2-7H2,1H3. The van der Waals surface area contributed by atoms with Gasteiger partial charge in [0.05, 0.1) is 6.54 Å². The molecule has 2 amide bonds. The van der Waals surface area contributed by atoms with Gasteiger partial charge in [0, 0.05) is 19.0 Å². The predicted molar refractivity (Wildman–Crippen MR) is 58.7 cm³/mol. The molecule has 4 nitrogen and oxygen atoms in total. The van der Waals surface area contributed by atoms with Gasteiger partial charge < -0.3 is 9.80 Å². The first-order valence-electron chi connectivity index (χ1n) is 4.86. The van der Waals surface area contributed by atoms with Crippen molar-refractivity contribution in [3.63, 3.8) is 0 Å². The zero-order valence-corrected chi connectivity index (χ0v) is 9.59. The van der Waals surface area contributed by atoms with E-state index in [0.717, 1.165) is 5.57 Å². The van der Waals surface area contributed by atoms with Gasteiger partial charge in [-0.15, -0.1) is 11.6 Å². The summed E-state index contributed by atoms with van der Waals surface area (Å²) >= 11 is 5.58. The van der Waals surface area contributed by atoms with E-state index >= 15 is 0 Å². The summed E-state index contributed by atoms with van der Waals surface area (Å²) in [6, 6.07) is 0. The van der Waals surface area contributed by atoms with Gasteiger partial charge in [-0.1, -0.05) is 6.58 Å². The molecule has 0 saturated carbocycles. The average molecular weight is 231 g/mol. The molecule has 1 aliphatic rings. The molecule has 0 aromatic carbocycles. The van der Waals surface area contributed by atoms with Crippen LogP contribution in [-0.4, -0.2) is 53.7 Å². The lowest BCUT2D eigenvalue weighted by molar-refractivity contribution is -0.149. The van der Waals surface area contributed by atoms with Crippen LogP contribution in [0.25, 0.3) is 0 Å². The molecule has 0 aliphatic carbocycles. The first kappa shape index (κ1) is 12.0. The van der Waals surface area contributed by atoms with Crippen LogP contribution in [0.1, 0.15) is 6.92 Å². The zero-order valence-electron chi connectivity index (χ0n) is 8.83. The van der Waals surface area contributed by atoms with Gasteiger partial charge in [0.25, 0.3) is 0 Å². The zero-order chi connectivity index (χ0) is 11.4. The van der Waals surface area contributed by atoms with Crippen LogP contribution in [-0.2, 0) is 9.59 Å². The van der Waals surface area contributed by atoms with Crippen LogP contribution in [0.5, 0.6) is 0 Å². The van der Waals surface area contributed by atoms with Gasteiger partial charge in [-0.05, 0) is 12.5 Å². The second-order valence-corrected chi connectivity index (χ2v) is 3.81. The molecule has 5 heteroatoms. The van der Waals surface area contributed by atoms with Gasteiger partial charge in [0.2, 0.25) is 11.8 Å². The van der Waals surface area contributed by atoms with Crippen LogP contribution in [0.15, 0.2) is 12.2 Å². The first-order chi connectivity index (χ1) is 7.08. The van der Waals surface area contributed by atoms with Crippen molar-refractivity contribution in [3.05, 3.63) is 12.2 Å². The summed E-state index contributed by atoms with van der Waals surface area (Å²) < 4.78 is 0. The van der Waals surface area contributed by atoms with Crippen molar-refractivity contribution in [2.45, 2.75) is 6.92 Å². The van der Waals surface area contributed by atoms with Crippen molar-refractivity contribution in [3.8, 4) is 0 Å². The summed E-state index contributed by atoms with van der Waals surface area (Å²) in [4.78, 5) is 26.2. The van der Waals surface area contributed by atoms with Crippen molar-refractivity contribution >= 4 is 23.4 Å². The van der Waals surface area contributed by atoms with Crippen molar-refractivity contribution in [2.75, 3.05) is 32.1 Å². The molecule has 1 fully saturated rings. The monoisotopic (exact) mass is 230 g/mol. The predicted octanol–water partition coefficient (Wildman–Crippen LogP) is 0.472. The van der Waals surface area contributed by atoms with Crippen molar-refractivity contribution in [1.82, 2.24) is 9.80 Å². The highest BCUT2D eigenvalue weighted by Crippen LogP contribution is 2.07. The van der Waals surface area contributed by atoms with E-state index < -0.39 is 0 Å². The minimum atomic E-state index is -0.0392. The van der Waals surface area contributed by atoms with E-state index in [1.165, 1.54) is 4.90 Å². The second-order valence-electron chi connectivity index (χ2n) is 3.54.